The Kier molecular flexibility index (Phi) is 5.26. The van der Waals surface area contributed by atoms with Crippen molar-refractivity contribution in [2.75, 3.05) is 12.0 Å². The summed E-state index contributed by atoms with van der Waals surface area (Å²) in [6.07, 6.45) is 0. The highest BCUT2D eigenvalue weighted by Gasteiger charge is 2.46. The lowest BCUT2D eigenvalue weighted by atomic mass is 9.82. The first-order valence-corrected chi connectivity index (χ1v) is 9.59. The predicted molar refractivity (Wildman–Crippen MR) is 113 cm³/mol. The molecular formula is C24H27NO4. The van der Waals surface area contributed by atoms with Gasteiger partial charge in [0.2, 0.25) is 0 Å². The Morgan fingerprint density at radius 2 is 1.76 bits per heavy atom. The van der Waals surface area contributed by atoms with Gasteiger partial charge in [0.1, 0.15) is 5.75 Å². The standard InChI is InChI=1S/C24H27NO4/c1-14-10-11-17(12-15(14)2)25-20(16-8-7-9-18(13-16)29-6)19(21(26)23(25)28)22(27)24(3,4)5/h7-13,20,26H,1-6H3. The van der Waals surface area contributed by atoms with Crippen LogP contribution in [0.4, 0.5) is 5.69 Å². The number of methoxy groups -OCH3 is 1. The molecule has 0 radical (unpaired) electrons. The summed E-state index contributed by atoms with van der Waals surface area (Å²) in [4.78, 5) is 27.8. The number of ketones is 1. The van der Waals surface area contributed by atoms with Crippen LogP contribution in [0.2, 0.25) is 0 Å². The largest absolute Gasteiger partial charge is 0.503 e. The van der Waals surface area contributed by atoms with Crippen LogP contribution in [-0.2, 0) is 9.59 Å². The quantitative estimate of drug-likeness (QED) is 0.808. The smallest absolute Gasteiger partial charge is 0.294 e. The van der Waals surface area contributed by atoms with Gasteiger partial charge in [-0.25, -0.2) is 0 Å². The molecule has 1 N–H and O–H groups in total. The zero-order chi connectivity index (χ0) is 21.5. The van der Waals surface area contributed by atoms with E-state index in [9.17, 15) is 14.7 Å². The average Bonchev–Trinajstić information content (AvgIpc) is 2.94. The van der Waals surface area contributed by atoms with Gasteiger partial charge >= 0.3 is 0 Å². The molecule has 0 fully saturated rings. The van der Waals surface area contributed by atoms with Crippen molar-refractivity contribution < 1.29 is 19.4 Å². The number of aliphatic hydroxyl groups is 1. The molecule has 2 aromatic rings. The topological polar surface area (TPSA) is 66.8 Å². The van der Waals surface area contributed by atoms with Crippen LogP contribution in [0, 0.1) is 19.3 Å². The minimum atomic E-state index is -0.750. The number of carbonyl (C=O) groups excluding carboxylic acids is 2. The van der Waals surface area contributed by atoms with Gasteiger partial charge < -0.3 is 9.84 Å². The molecule has 0 saturated heterocycles. The van der Waals surface area contributed by atoms with Crippen molar-refractivity contribution in [3.63, 3.8) is 0 Å². The average molecular weight is 393 g/mol. The third-order valence-electron chi connectivity index (χ3n) is 5.31. The summed E-state index contributed by atoms with van der Waals surface area (Å²) >= 11 is 0. The minimum absolute atomic E-state index is 0.119. The van der Waals surface area contributed by atoms with Crippen molar-refractivity contribution in [2.24, 2.45) is 5.41 Å². The maximum absolute atomic E-state index is 13.2. The maximum atomic E-state index is 13.2. The summed E-state index contributed by atoms with van der Waals surface area (Å²) in [6, 6.07) is 12.2. The lowest BCUT2D eigenvalue weighted by Gasteiger charge is -2.29. The van der Waals surface area contributed by atoms with Gasteiger partial charge in [-0.2, -0.15) is 0 Å². The van der Waals surface area contributed by atoms with Gasteiger partial charge in [0.05, 0.1) is 18.7 Å². The molecule has 5 nitrogen and oxygen atoms in total. The lowest BCUT2D eigenvalue weighted by Crippen LogP contribution is -2.32. The number of anilines is 1. The van der Waals surface area contributed by atoms with Gasteiger partial charge in [-0.3, -0.25) is 14.5 Å². The van der Waals surface area contributed by atoms with Gasteiger partial charge in [0.25, 0.3) is 5.91 Å². The zero-order valence-corrected chi connectivity index (χ0v) is 17.7. The van der Waals surface area contributed by atoms with E-state index in [0.717, 1.165) is 11.1 Å². The number of ether oxygens (including phenoxy) is 1. The lowest BCUT2D eigenvalue weighted by molar-refractivity contribution is -0.123. The summed E-state index contributed by atoms with van der Waals surface area (Å²) < 4.78 is 5.34. The molecule has 1 aliphatic rings. The molecule has 152 valence electrons. The van der Waals surface area contributed by atoms with Crippen LogP contribution in [-0.4, -0.2) is 23.9 Å². The Morgan fingerprint density at radius 3 is 2.34 bits per heavy atom. The third-order valence-corrected chi connectivity index (χ3v) is 5.31. The monoisotopic (exact) mass is 393 g/mol. The fourth-order valence-electron chi connectivity index (χ4n) is 3.51. The number of amides is 1. The van der Waals surface area contributed by atoms with Gasteiger partial charge in [-0.1, -0.05) is 39.0 Å². The van der Waals surface area contributed by atoms with Crippen molar-refractivity contribution in [1.29, 1.82) is 0 Å². The number of aryl methyl sites for hydroxylation is 2. The number of hydrogen-bond acceptors (Lipinski definition) is 4. The van der Waals surface area contributed by atoms with E-state index >= 15 is 0 Å². The minimum Gasteiger partial charge on any atom is -0.503 e. The van der Waals surface area contributed by atoms with E-state index in [1.54, 1.807) is 40.0 Å². The molecule has 5 heteroatoms. The first-order valence-electron chi connectivity index (χ1n) is 9.59. The van der Waals surface area contributed by atoms with E-state index in [1.165, 1.54) is 4.90 Å². The molecule has 0 aromatic heterocycles. The second-order valence-electron chi connectivity index (χ2n) is 8.46. The molecule has 1 amide bonds. The van der Waals surface area contributed by atoms with Crippen LogP contribution in [0.1, 0.15) is 43.5 Å². The number of aliphatic hydroxyl groups excluding tert-OH is 1. The van der Waals surface area contributed by atoms with Crippen LogP contribution in [0.3, 0.4) is 0 Å². The van der Waals surface area contributed by atoms with Crippen molar-refractivity contribution in [3.8, 4) is 5.75 Å². The molecule has 1 atom stereocenters. The van der Waals surface area contributed by atoms with Crippen LogP contribution >= 0.6 is 0 Å². The molecule has 0 saturated carbocycles. The molecule has 3 rings (SSSR count). The Bertz CT molecular complexity index is 1010. The van der Waals surface area contributed by atoms with Gasteiger partial charge in [-0.05, 0) is 54.8 Å². The number of benzene rings is 2. The van der Waals surface area contributed by atoms with E-state index in [-0.39, 0.29) is 11.4 Å². The van der Waals surface area contributed by atoms with Crippen molar-refractivity contribution in [1.82, 2.24) is 0 Å². The van der Waals surface area contributed by atoms with Gasteiger partial charge in [0, 0.05) is 11.1 Å². The SMILES string of the molecule is COc1cccc(C2C(C(=O)C(C)(C)C)=C(O)C(=O)N2c2ccc(C)c(C)c2)c1. The van der Waals surface area contributed by atoms with Crippen molar-refractivity contribution in [3.05, 3.63) is 70.5 Å². The maximum Gasteiger partial charge on any atom is 0.294 e. The zero-order valence-electron chi connectivity index (χ0n) is 17.7. The number of Topliss-reactive ketones (excluding diaryl/α,β-unsaturated/α-hetero) is 1. The Labute approximate surface area is 171 Å². The fourth-order valence-corrected chi connectivity index (χ4v) is 3.51. The summed E-state index contributed by atoms with van der Waals surface area (Å²) in [6.45, 7) is 9.30. The molecule has 1 unspecified atom stereocenters. The predicted octanol–water partition coefficient (Wildman–Crippen LogP) is 4.83. The van der Waals surface area contributed by atoms with Crippen LogP contribution in [0.5, 0.6) is 5.75 Å². The Morgan fingerprint density at radius 1 is 1.07 bits per heavy atom. The molecule has 1 heterocycles. The molecular weight excluding hydrogens is 366 g/mol. The number of nitrogens with zero attached hydrogens (tertiary/aromatic N) is 1. The molecule has 1 aliphatic heterocycles. The molecule has 0 spiro atoms. The van der Waals surface area contributed by atoms with E-state index in [4.69, 9.17) is 4.74 Å². The highest BCUT2D eigenvalue weighted by molar-refractivity contribution is 6.17. The number of carbonyl (C=O) groups is 2. The fraction of sp³-hybridized carbons (Fsp3) is 0.333. The van der Waals surface area contributed by atoms with Gasteiger partial charge in [-0.15, -0.1) is 0 Å². The first kappa shape index (κ1) is 20.6. The van der Waals surface area contributed by atoms with Crippen molar-refractivity contribution >= 4 is 17.4 Å². The van der Waals surface area contributed by atoms with E-state index in [1.807, 2.05) is 44.2 Å². The van der Waals surface area contributed by atoms with Gasteiger partial charge in [0.15, 0.2) is 11.5 Å². The summed E-state index contributed by atoms with van der Waals surface area (Å²) in [7, 11) is 1.56. The summed E-state index contributed by atoms with van der Waals surface area (Å²) in [5, 5.41) is 10.7. The summed E-state index contributed by atoms with van der Waals surface area (Å²) in [5.74, 6) is -0.712. The highest BCUT2D eigenvalue weighted by atomic mass is 16.5. The van der Waals surface area contributed by atoms with E-state index < -0.39 is 23.1 Å². The normalized spacial score (nSPS) is 17.1. The molecule has 2 aromatic carbocycles. The third kappa shape index (κ3) is 3.65. The van der Waals surface area contributed by atoms with E-state index in [2.05, 4.69) is 0 Å². The Balaban J connectivity index is 2.23. The van der Waals surface area contributed by atoms with Crippen LogP contribution < -0.4 is 9.64 Å². The molecule has 0 bridgehead atoms. The Hall–Kier alpha value is -3.08. The molecule has 0 aliphatic carbocycles. The van der Waals surface area contributed by atoms with Crippen LogP contribution in [0.25, 0.3) is 0 Å². The number of rotatable bonds is 4. The highest BCUT2D eigenvalue weighted by Crippen LogP contribution is 2.44. The second-order valence-corrected chi connectivity index (χ2v) is 8.46. The second kappa shape index (κ2) is 7.39. The molecule has 29 heavy (non-hydrogen) atoms. The van der Waals surface area contributed by atoms with Crippen molar-refractivity contribution in [2.45, 2.75) is 40.7 Å². The number of hydrogen-bond donors (Lipinski definition) is 1. The van der Waals surface area contributed by atoms with Crippen LogP contribution in [0.15, 0.2) is 53.8 Å². The van der Waals surface area contributed by atoms with E-state index in [0.29, 0.717) is 17.0 Å². The summed E-state index contributed by atoms with van der Waals surface area (Å²) in [5.41, 5.74) is 2.83. The first-order chi connectivity index (χ1) is 13.6.